The molecule has 0 unspecified atom stereocenters. The number of hydrogen-bond acceptors (Lipinski definition) is 2. The van der Waals surface area contributed by atoms with Crippen LogP contribution in [0.5, 0.6) is 0 Å². The van der Waals surface area contributed by atoms with Crippen molar-refractivity contribution in [2.24, 2.45) is 0 Å². The van der Waals surface area contributed by atoms with Gasteiger partial charge in [0.05, 0.1) is 5.97 Å². The van der Waals surface area contributed by atoms with E-state index in [9.17, 15) is 0 Å². The van der Waals surface area contributed by atoms with Gasteiger partial charge in [-0.25, -0.2) is 0 Å². The molecule has 0 amide bonds. The van der Waals surface area contributed by atoms with Gasteiger partial charge in [-0.1, -0.05) is 6.58 Å². The molecule has 0 aliphatic rings. The standard InChI is InChI=1S/C3H4O2.Ag/c1-2-3(4)5;/h2H,1H2,(H,4,5);/q;+1/p-1. The van der Waals surface area contributed by atoms with Crippen LogP contribution in [0, 0.1) is 0 Å². The largest absolute Gasteiger partial charge is 1.00 e. The molecule has 2 nitrogen and oxygen atoms in total. The first kappa shape index (κ1) is 9.34. The number of aliphatic carboxylic acids is 1. The minimum Gasteiger partial charge on any atom is -0.545 e. The fourth-order valence-corrected chi connectivity index (χ4v) is 0. The number of hydrogen-bond donors (Lipinski definition) is 0. The van der Waals surface area contributed by atoms with Crippen LogP contribution >= 0.6 is 0 Å². The van der Waals surface area contributed by atoms with Gasteiger partial charge in [0.15, 0.2) is 0 Å². The summed E-state index contributed by atoms with van der Waals surface area (Å²) in [5, 5.41) is 9.14. The second-order valence-corrected chi connectivity index (χ2v) is 0.523. The van der Waals surface area contributed by atoms with Crippen molar-refractivity contribution in [2.45, 2.75) is 0 Å². The average Bonchev–Trinajstić information content (AvgIpc) is 1.38. The molecule has 0 radical (unpaired) electrons. The van der Waals surface area contributed by atoms with Gasteiger partial charge in [0.1, 0.15) is 0 Å². The predicted molar refractivity (Wildman–Crippen MR) is 15.2 cm³/mol. The minimum atomic E-state index is -1.23. The first-order chi connectivity index (χ1) is 2.27. The molecule has 0 heterocycles. The monoisotopic (exact) mass is 178 g/mol. The van der Waals surface area contributed by atoms with E-state index in [1.807, 2.05) is 0 Å². The van der Waals surface area contributed by atoms with Gasteiger partial charge in [0.2, 0.25) is 0 Å². The molecular formula is C3H3AgO2. The van der Waals surface area contributed by atoms with Crippen LogP contribution in [-0.2, 0) is 27.2 Å². The Morgan fingerprint density at radius 2 is 2.00 bits per heavy atom. The Balaban J connectivity index is 0. The molecule has 0 saturated carbocycles. The summed E-state index contributed by atoms with van der Waals surface area (Å²) in [4.78, 5) is 9.14. The third-order valence-corrected chi connectivity index (χ3v) is 0.167. The third kappa shape index (κ3) is 9.04. The Kier molecular flexibility index (Phi) is 7.71. The average molecular weight is 179 g/mol. The molecule has 0 aromatic rings. The first-order valence-electron chi connectivity index (χ1n) is 1.11. The zero-order valence-electron chi connectivity index (χ0n) is 2.90. The van der Waals surface area contributed by atoms with Crippen LogP contribution in [0.1, 0.15) is 0 Å². The smallest absolute Gasteiger partial charge is 0.545 e. The van der Waals surface area contributed by atoms with Crippen molar-refractivity contribution in [2.75, 3.05) is 0 Å². The van der Waals surface area contributed by atoms with Gasteiger partial charge >= 0.3 is 22.4 Å². The van der Waals surface area contributed by atoms with Crippen molar-refractivity contribution < 1.29 is 32.3 Å². The molecular weight excluding hydrogens is 176 g/mol. The number of carbonyl (C=O) groups is 1. The molecule has 0 fully saturated rings. The summed E-state index contributed by atoms with van der Waals surface area (Å²) in [5.74, 6) is -1.23. The van der Waals surface area contributed by atoms with E-state index in [0.29, 0.717) is 0 Å². The van der Waals surface area contributed by atoms with E-state index in [1.54, 1.807) is 0 Å². The van der Waals surface area contributed by atoms with Crippen molar-refractivity contribution >= 4 is 5.97 Å². The van der Waals surface area contributed by atoms with E-state index in [0.717, 1.165) is 6.08 Å². The summed E-state index contributed by atoms with van der Waals surface area (Å²) in [7, 11) is 0. The van der Waals surface area contributed by atoms with Crippen LogP contribution in [0.25, 0.3) is 0 Å². The molecule has 0 aliphatic carbocycles. The molecule has 0 N–H and O–H groups in total. The Morgan fingerprint density at radius 1 is 1.83 bits per heavy atom. The van der Waals surface area contributed by atoms with Crippen LogP contribution in [-0.4, -0.2) is 5.97 Å². The maximum absolute atomic E-state index is 9.14. The second-order valence-electron chi connectivity index (χ2n) is 0.523. The molecule has 0 spiro atoms. The van der Waals surface area contributed by atoms with Gasteiger partial charge in [-0.2, -0.15) is 0 Å². The summed E-state index contributed by atoms with van der Waals surface area (Å²) < 4.78 is 0. The van der Waals surface area contributed by atoms with Gasteiger partial charge in [0, 0.05) is 0 Å². The molecule has 3 heteroatoms. The normalized spacial score (nSPS) is 5.33. The Labute approximate surface area is 51.4 Å². The molecule has 0 saturated heterocycles. The third-order valence-electron chi connectivity index (χ3n) is 0.167. The van der Waals surface area contributed by atoms with Crippen molar-refractivity contribution in [3.05, 3.63) is 12.7 Å². The number of carboxylic acid groups (broad SMARTS) is 1. The summed E-state index contributed by atoms with van der Waals surface area (Å²) in [6.07, 6.45) is 0.722. The van der Waals surface area contributed by atoms with Gasteiger partial charge in [-0.15, -0.1) is 0 Å². The SMILES string of the molecule is C=CC(=O)[O-].[Ag+]. The maximum atomic E-state index is 9.14. The van der Waals surface area contributed by atoms with Gasteiger partial charge in [0.25, 0.3) is 0 Å². The Bertz CT molecular complexity index is 59.8. The van der Waals surface area contributed by atoms with E-state index in [1.165, 1.54) is 0 Å². The van der Waals surface area contributed by atoms with E-state index in [-0.39, 0.29) is 22.4 Å². The van der Waals surface area contributed by atoms with Gasteiger partial charge < -0.3 is 9.90 Å². The maximum Gasteiger partial charge on any atom is 1.00 e. The van der Waals surface area contributed by atoms with Crippen LogP contribution in [0.15, 0.2) is 12.7 Å². The van der Waals surface area contributed by atoms with E-state index in [4.69, 9.17) is 9.90 Å². The summed E-state index contributed by atoms with van der Waals surface area (Å²) in [6.45, 7) is 2.90. The van der Waals surface area contributed by atoms with Crippen LogP contribution in [0.4, 0.5) is 0 Å². The zero-order chi connectivity index (χ0) is 4.28. The first-order valence-corrected chi connectivity index (χ1v) is 1.11. The predicted octanol–water partition coefficient (Wildman–Crippen LogP) is -1.08. The van der Waals surface area contributed by atoms with Crippen molar-refractivity contribution in [1.82, 2.24) is 0 Å². The van der Waals surface area contributed by atoms with Crippen LogP contribution in [0.3, 0.4) is 0 Å². The van der Waals surface area contributed by atoms with E-state index >= 15 is 0 Å². The molecule has 0 aromatic heterocycles. The van der Waals surface area contributed by atoms with Crippen molar-refractivity contribution in [3.63, 3.8) is 0 Å². The number of carboxylic acids is 1. The van der Waals surface area contributed by atoms with Crippen LogP contribution < -0.4 is 5.11 Å². The zero-order valence-corrected chi connectivity index (χ0v) is 4.38. The van der Waals surface area contributed by atoms with Gasteiger partial charge in [-0.05, 0) is 6.08 Å². The molecule has 0 aliphatic heterocycles. The van der Waals surface area contributed by atoms with Gasteiger partial charge in [-0.3, -0.25) is 0 Å². The number of rotatable bonds is 1. The summed E-state index contributed by atoms with van der Waals surface area (Å²) in [5.41, 5.74) is 0. The molecule has 6 heavy (non-hydrogen) atoms. The van der Waals surface area contributed by atoms with Crippen LogP contribution in [0.2, 0.25) is 0 Å². The molecule has 0 bridgehead atoms. The molecule has 0 atom stereocenters. The second kappa shape index (κ2) is 4.95. The number of carbonyl (C=O) groups excluding carboxylic acids is 1. The van der Waals surface area contributed by atoms with Crippen molar-refractivity contribution in [1.29, 1.82) is 0 Å². The molecule has 0 aromatic carbocycles. The Hall–Kier alpha value is -0.0497. The molecule has 0 rings (SSSR count). The minimum absolute atomic E-state index is 0. The fourth-order valence-electron chi connectivity index (χ4n) is 0. The summed E-state index contributed by atoms with van der Waals surface area (Å²) >= 11 is 0. The fraction of sp³-hybridized carbons (Fsp3) is 0. The Morgan fingerprint density at radius 3 is 2.00 bits per heavy atom. The molecule has 38 valence electrons. The summed E-state index contributed by atoms with van der Waals surface area (Å²) in [6, 6.07) is 0. The topological polar surface area (TPSA) is 40.1 Å². The quantitative estimate of drug-likeness (QED) is 0.379. The van der Waals surface area contributed by atoms with E-state index in [2.05, 4.69) is 6.58 Å². The van der Waals surface area contributed by atoms with Crippen molar-refractivity contribution in [3.8, 4) is 0 Å². The van der Waals surface area contributed by atoms with E-state index < -0.39 is 5.97 Å².